The normalized spacial score (nSPS) is 21.4. The van der Waals surface area contributed by atoms with Crippen molar-refractivity contribution in [2.45, 2.75) is 31.3 Å². The molecule has 4 N–H and O–H groups in total. The molecule has 2 heterocycles. The Balaban J connectivity index is 1.70. The first-order chi connectivity index (χ1) is 13.5. The Kier molecular flexibility index (Phi) is 5.44. The molecule has 158 valence electrons. The highest BCUT2D eigenvalue weighted by Gasteiger charge is 2.50. The molecule has 2 fully saturated rings. The Bertz CT molecular complexity index is 971. The molecule has 2 bridgehead atoms. The standard InChI is InChI=1S/C15H17FN4O8S/c16-11-6-10(21)3-1-8(11)5-13(22)19(17)14(23)12-4-2-9-7-18(12)15(24)20(9)28-29(25,26)27/h1,3,6,9,12,21H,2,4-5,7,17H2,(H,25,26,27)/t9-,12+/m1/s1. The predicted octanol–water partition coefficient (Wildman–Crippen LogP) is -0.694. The Hall–Kier alpha value is -2.81. The number of benzene rings is 1. The molecule has 14 heteroatoms. The van der Waals surface area contributed by atoms with Gasteiger partial charge in [0.1, 0.15) is 17.6 Å². The summed E-state index contributed by atoms with van der Waals surface area (Å²) in [7, 11) is -4.94. The Morgan fingerprint density at radius 3 is 2.66 bits per heavy atom. The molecule has 0 radical (unpaired) electrons. The lowest BCUT2D eigenvalue weighted by molar-refractivity contribution is -0.148. The highest BCUT2D eigenvalue weighted by Crippen LogP contribution is 2.31. The largest absolute Gasteiger partial charge is 0.508 e. The molecule has 2 saturated heterocycles. The zero-order valence-electron chi connectivity index (χ0n) is 14.8. The van der Waals surface area contributed by atoms with Gasteiger partial charge in [0.2, 0.25) is 5.91 Å². The molecule has 1 aromatic carbocycles. The van der Waals surface area contributed by atoms with E-state index in [0.717, 1.165) is 11.0 Å². The van der Waals surface area contributed by atoms with Crippen LogP contribution in [0.4, 0.5) is 9.18 Å². The summed E-state index contributed by atoms with van der Waals surface area (Å²) in [5, 5.41) is 9.93. The Morgan fingerprint density at radius 2 is 2.03 bits per heavy atom. The third-order valence-electron chi connectivity index (χ3n) is 4.67. The quantitative estimate of drug-likeness (QED) is 0.236. The van der Waals surface area contributed by atoms with Crippen molar-refractivity contribution in [3.8, 4) is 5.75 Å². The van der Waals surface area contributed by atoms with Crippen molar-refractivity contribution in [1.82, 2.24) is 15.0 Å². The molecule has 0 spiro atoms. The van der Waals surface area contributed by atoms with Crippen LogP contribution in [0.15, 0.2) is 18.2 Å². The van der Waals surface area contributed by atoms with Crippen LogP contribution in [-0.4, -0.2) is 69.5 Å². The van der Waals surface area contributed by atoms with E-state index in [2.05, 4.69) is 4.28 Å². The van der Waals surface area contributed by atoms with Crippen LogP contribution in [0.25, 0.3) is 0 Å². The van der Waals surface area contributed by atoms with Crippen LogP contribution in [0.5, 0.6) is 5.75 Å². The van der Waals surface area contributed by atoms with E-state index < -0.39 is 52.6 Å². The second kappa shape index (κ2) is 7.55. The Morgan fingerprint density at radius 1 is 1.34 bits per heavy atom. The maximum absolute atomic E-state index is 13.8. The van der Waals surface area contributed by atoms with Crippen molar-refractivity contribution in [2.75, 3.05) is 6.54 Å². The maximum Gasteiger partial charge on any atom is 0.418 e. The van der Waals surface area contributed by atoms with E-state index in [1.807, 2.05) is 0 Å². The number of carbonyl (C=O) groups excluding carboxylic acids is 3. The van der Waals surface area contributed by atoms with E-state index in [1.54, 1.807) is 0 Å². The van der Waals surface area contributed by atoms with Gasteiger partial charge in [0.25, 0.3) is 5.91 Å². The number of fused-ring (bicyclic) bond motifs is 2. The van der Waals surface area contributed by atoms with Gasteiger partial charge in [0.05, 0.1) is 12.5 Å². The molecule has 0 unspecified atom stereocenters. The summed E-state index contributed by atoms with van der Waals surface area (Å²) in [4.78, 5) is 38.2. The topological polar surface area (TPSA) is 171 Å². The van der Waals surface area contributed by atoms with Gasteiger partial charge < -0.3 is 10.0 Å². The maximum atomic E-state index is 13.8. The van der Waals surface area contributed by atoms with Crippen molar-refractivity contribution in [3.63, 3.8) is 0 Å². The van der Waals surface area contributed by atoms with Crippen molar-refractivity contribution < 1.29 is 41.1 Å². The molecule has 1 aromatic rings. The number of amides is 4. The van der Waals surface area contributed by atoms with Crippen LogP contribution in [-0.2, 0) is 30.7 Å². The number of nitrogens with zero attached hydrogens (tertiary/aromatic N) is 3. The minimum atomic E-state index is -4.94. The Labute approximate surface area is 164 Å². The summed E-state index contributed by atoms with van der Waals surface area (Å²) in [5.41, 5.74) is -0.0928. The molecule has 4 amide bonds. The molecular weight excluding hydrogens is 415 g/mol. The average Bonchev–Trinajstić information content (AvgIpc) is 2.86. The molecular formula is C15H17FN4O8S. The number of hydrazine groups is 1. The summed E-state index contributed by atoms with van der Waals surface area (Å²) in [6.45, 7) is -0.0701. The van der Waals surface area contributed by atoms with E-state index >= 15 is 0 Å². The molecule has 3 rings (SSSR count). The number of phenolic OH excluding ortho intramolecular Hbond substituents is 1. The number of rotatable bonds is 5. The van der Waals surface area contributed by atoms with Gasteiger partial charge in [0.15, 0.2) is 0 Å². The third kappa shape index (κ3) is 4.29. The molecule has 0 aromatic heterocycles. The fourth-order valence-corrected chi connectivity index (χ4v) is 3.69. The van der Waals surface area contributed by atoms with Gasteiger partial charge in [-0.15, -0.1) is 4.28 Å². The van der Waals surface area contributed by atoms with E-state index in [0.29, 0.717) is 5.06 Å². The third-order valence-corrected chi connectivity index (χ3v) is 5.02. The number of urea groups is 1. The van der Waals surface area contributed by atoms with Crippen LogP contribution < -0.4 is 5.84 Å². The minimum absolute atomic E-state index is 0.0646. The fraction of sp³-hybridized carbons (Fsp3) is 0.400. The number of hydrogen-bond acceptors (Lipinski definition) is 8. The van der Waals surface area contributed by atoms with Gasteiger partial charge in [-0.2, -0.15) is 13.5 Å². The molecule has 2 atom stereocenters. The van der Waals surface area contributed by atoms with E-state index in [1.165, 1.54) is 12.1 Å². The lowest BCUT2D eigenvalue weighted by atomic mass is 10.00. The highest BCUT2D eigenvalue weighted by atomic mass is 32.3. The first kappa shape index (κ1) is 20.9. The van der Waals surface area contributed by atoms with E-state index in [9.17, 15) is 32.3 Å². The van der Waals surface area contributed by atoms with Gasteiger partial charge >= 0.3 is 16.4 Å². The van der Waals surface area contributed by atoms with Gasteiger partial charge in [-0.25, -0.2) is 20.0 Å². The van der Waals surface area contributed by atoms with Crippen LogP contribution in [0.3, 0.4) is 0 Å². The predicted molar refractivity (Wildman–Crippen MR) is 91.2 cm³/mol. The number of carbonyl (C=O) groups is 3. The first-order valence-corrected chi connectivity index (χ1v) is 9.70. The van der Waals surface area contributed by atoms with Gasteiger partial charge in [0, 0.05) is 12.6 Å². The number of piperidine rings is 1. The van der Waals surface area contributed by atoms with E-state index in [-0.39, 0.29) is 35.7 Å². The average molecular weight is 432 g/mol. The molecule has 2 aliphatic rings. The van der Waals surface area contributed by atoms with Crippen molar-refractivity contribution in [3.05, 3.63) is 29.6 Å². The van der Waals surface area contributed by atoms with Crippen molar-refractivity contribution >= 4 is 28.2 Å². The number of halogens is 1. The summed E-state index contributed by atoms with van der Waals surface area (Å²) in [6.07, 6.45) is -0.340. The van der Waals surface area contributed by atoms with Crippen LogP contribution in [0.2, 0.25) is 0 Å². The first-order valence-electron chi connectivity index (χ1n) is 8.33. The number of phenols is 1. The number of hydrogen-bond donors (Lipinski definition) is 3. The second-order valence-corrected chi connectivity index (χ2v) is 7.57. The lowest BCUT2D eigenvalue weighted by Crippen LogP contribution is -2.55. The number of hydroxylamine groups is 2. The van der Waals surface area contributed by atoms with Crippen molar-refractivity contribution in [1.29, 1.82) is 0 Å². The number of imide groups is 1. The van der Waals surface area contributed by atoms with Gasteiger partial charge in [-0.3, -0.25) is 14.1 Å². The minimum Gasteiger partial charge on any atom is -0.508 e. The van der Waals surface area contributed by atoms with Crippen LogP contribution in [0, 0.1) is 5.82 Å². The molecule has 0 aliphatic carbocycles. The van der Waals surface area contributed by atoms with E-state index in [4.69, 9.17) is 10.4 Å². The van der Waals surface area contributed by atoms with Crippen LogP contribution in [0.1, 0.15) is 18.4 Å². The number of aromatic hydroxyl groups is 1. The SMILES string of the molecule is NN(C(=O)Cc1ccc(O)cc1F)C(=O)[C@@H]1CC[C@@H]2CN1C(=O)N2OS(=O)(=O)O. The summed E-state index contributed by atoms with van der Waals surface area (Å²) < 4.78 is 48.6. The van der Waals surface area contributed by atoms with Gasteiger partial charge in [-0.05, 0) is 24.5 Å². The highest BCUT2D eigenvalue weighted by molar-refractivity contribution is 7.80. The summed E-state index contributed by atoms with van der Waals surface area (Å²) in [5.74, 6) is 2.51. The monoisotopic (exact) mass is 432 g/mol. The smallest absolute Gasteiger partial charge is 0.418 e. The van der Waals surface area contributed by atoms with Gasteiger partial charge in [-0.1, -0.05) is 6.07 Å². The molecule has 29 heavy (non-hydrogen) atoms. The number of nitrogens with two attached hydrogens (primary N) is 1. The lowest BCUT2D eigenvalue weighted by Gasteiger charge is -2.31. The zero-order chi connectivity index (χ0) is 21.5. The molecule has 2 aliphatic heterocycles. The second-order valence-electron chi connectivity index (χ2n) is 6.56. The van der Waals surface area contributed by atoms with Crippen LogP contribution >= 0.6 is 0 Å². The fourth-order valence-electron chi connectivity index (χ4n) is 3.30. The molecule has 0 saturated carbocycles. The molecule has 12 nitrogen and oxygen atoms in total. The summed E-state index contributed by atoms with van der Waals surface area (Å²) in [6, 6.07) is 0.296. The van der Waals surface area contributed by atoms with Crippen molar-refractivity contribution in [2.24, 2.45) is 5.84 Å². The zero-order valence-corrected chi connectivity index (χ0v) is 15.6. The summed E-state index contributed by atoms with van der Waals surface area (Å²) >= 11 is 0.